The molecule has 1 rings (SSSR count). The molecule has 0 aromatic heterocycles. The zero-order chi connectivity index (χ0) is 12.6. The van der Waals surface area contributed by atoms with Gasteiger partial charge in [-0.15, -0.1) is 3.89 Å². The minimum absolute atomic E-state index is 0.136. The fourth-order valence-electron chi connectivity index (χ4n) is 1.09. The minimum atomic E-state index is -4.97. The van der Waals surface area contributed by atoms with Crippen LogP contribution in [0.15, 0.2) is 23.1 Å². The van der Waals surface area contributed by atoms with E-state index in [-0.39, 0.29) is 5.75 Å². The Morgan fingerprint density at radius 2 is 1.81 bits per heavy atom. The molecule has 0 bridgehead atoms. The summed E-state index contributed by atoms with van der Waals surface area (Å²) in [5.41, 5.74) is 0. The summed E-state index contributed by atoms with van der Waals surface area (Å²) in [6.45, 7) is 5.43. The van der Waals surface area contributed by atoms with Crippen LogP contribution >= 0.6 is 0 Å². The van der Waals surface area contributed by atoms with Gasteiger partial charge in [-0.25, -0.2) is 4.39 Å². The van der Waals surface area contributed by atoms with Gasteiger partial charge >= 0.3 is 10.2 Å². The third-order valence-electron chi connectivity index (χ3n) is 1.58. The number of hydrogen-bond acceptors (Lipinski definition) is 3. The second kappa shape index (κ2) is 4.14. The van der Waals surface area contributed by atoms with Crippen LogP contribution in [0.4, 0.5) is 8.28 Å². The van der Waals surface area contributed by atoms with Crippen LogP contribution in [-0.4, -0.2) is 16.7 Å². The third-order valence-corrected chi connectivity index (χ3v) is 3.26. The molecule has 1 aromatic carbocycles. The molecule has 0 heterocycles. The van der Waals surface area contributed by atoms with E-state index in [0.29, 0.717) is 6.07 Å². The number of hydrogen-bond donors (Lipinski definition) is 0. The van der Waals surface area contributed by atoms with E-state index in [1.54, 1.807) is 0 Å². The fraction of sp³-hybridized carbons (Fsp3) is 0.333. The topological polar surface area (TPSA) is 43.4 Å². The Bertz CT molecular complexity index is 494. The Morgan fingerprint density at radius 3 is 2.25 bits per heavy atom. The van der Waals surface area contributed by atoms with Crippen molar-refractivity contribution in [2.75, 3.05) is 0 Å². The van der Waals surface area contributed by atoms with E-state index in [4.69, 9.17) is 4.43 Å². The molecule has 0 aliphatic heterocycles. The lowest BCUT2D eigenvalue weighted by molar-refractivity contribution is 0.514. The van der Waals surface area contributed by atoms with E-state index in [9.17, 15) is 16.7 Å². The highest BCUT2D eigenvalue weighted by atomic mass is 32.3. The van der Waals surface area contributed by atoms with Crippen LogP contribution in [-0.2, 0) is 10.2 Å². The molecule has 0 fully saturated rings. The summed E-state index contributed by atoms with van der Waals surface area (Å²) in [5.74, 6) is -0.956. The minimum Gasteiger partial charge on any atom is -0.543 e. The highest BCUT2D eigenvalue weighted by Gasteiger charge is 2.24. The molecule has 0 aliphatic rings. The quantitative estimate of drug-likeness (QED) is 0.624. The Kier molecular flexibility index (Phi) is 3.39. The summed E-state index contributed by atoms with van der Waals surface area (Å²) < 4.78 is 52.7. The van der Waals surface area contributed by atoms with Crippen molar-refractivity contribution in [2.24, 2.45) is 0 Å². The lowest BCUT2D eigenvalue weighted by Crippen LogP contribution is -2.29. The van der Waals surface area contributed by atoms with Gasteiger partial charge in [0.25, 0.3) is 0 Å². The van der Waals surface area contributed by atoms with E-state index in [1.807, 2.05) is 19.6 Å². The van der Waals surface area contributed by atoms with Crippen LogP contribution in [0.1, 0.15) is 0 Å². The van der Waals surface area contributed by atoms with Gasteiger partial charge in [0, 0.05) is 0 Å². The van der Waals surface area contributed by atoms with Crippen LogP contribution in [0.2, 0.25) is 19.6 Å². The van der Waals surface area contributed by atoms with Crippen molar-refractivity contribution in [3.8, 4) is 5.75 Å². The van der Waals surface area contributed by atoms with Gasteiger partial charge in [-0.05, 0) is 37.8 Å². The number of rotatable bonds is 3. The first kappa shape index (κ1) is 13.1. The van der Waals surface area contributed by atoms with Gasteiger partial charge in [-0.2, -0.15) is 8.42 Å². The molecule has 0 spiro atoms. The maximum absolute atomic E-state index is 12.9. The first-order valence-electron chi connectivity index (χ1n) is 4.53. The van der Waals surface area contributed by atoms with Gasteiger partial charge in [0.2, 0.25) is 8.32 Å². The van der Waals surface area contributed by atoms with Crippen molar-refractivity contribution in [2.45, 2.75) is 24.5 Å². The molecule has 0 saturated heterocycles. The van der Waals surface area contributed by atoms with Crippen LogP contribution in [0.5, 0.6) is 5.75 Å². The molecular weight excluding hydrogens is 254 g/mol. The van der Waals surface area contributed by atoms with Crippen LogP contribution < -0.4 is 4.43 Å². The SMILES string of the molecule is C[Si](C)(C)Oc1ccc(F)cc1S(=O)(=O)F. The van der Waals surface area contributed by atoms with Crippen molar-refractivity contribution < 1.29 is 21.1 Å². The largest absolute Gasteiger partial charge is 0.543 e. The lowest BCUT2D eigenvalue weighted by atomic mass is 10.3. The standard InChI is InChI=1S/C9H12F2O3SSi/c1-16(2,3)14-8-5-4-7(10)6-9(8)15(11,12)13/h4-6H,1-3H3. The van der Waals surface area contributed by atoms with Gasteiger partial charge < -0.3 is 4.43 Å². The summed E-state index contributed by atoms with van der Waals surface area (Å²) in [6, 6.07) is 2.77. The van der Waals surface area contributed by atoms with Gasteiger partial charge in [0.15, 0.2) is 0 Å². The predicted molar refractivity (Wildman–Crippen MR) is 58.7 cm³/mol. The first-order valence-corrected chi connectivity index (χ1v) is 9.32. The molecule has 0 aliphatic carbocycles. The molecule has 90 valence electrons. The molecular formula is C9H12F2O3SSi. The molecule has 7 heteroatoms. The summed E-state index contributed by atoms with van der Waals surface area (Å²) in [7, 11) is -7.05. The summed E-state index contributed by atoms with van der Waals surface area (Å²) >= 11 is 0. The molecule has 3 nitrogen and oxygen atoms in total. The monoisotopic (exact) mass is 266 g/mol. The Hall–Kier alpha value is -0.953. The Balaban J connectivity index is 3.30. The van der Waals surface area contributed by atoms with Crippen molar-refractivity contribution >= 4 is 18.5 Å². The maximum Gasteiger partial charge on any atom is 0.335 e. The molecule has 0 atom stereocenters. The van der Waals surface area contributed by atoms with Gasteiger partial charge in [-0.3, -0.25) is 0 Å². The van der Waals surface area contributed by atoms with E-state index in [1.165, 1.54) is 0 Å². The second-order valence-electron chi connectivity index (χ2n) is 4.24. The van der Waals surface area contributed by atoms with Gasteiger partial charge in [-0.1, -0.05) is 0 Å². The van der Waals surface area contributed by atoms with Crippen molar-refractivity contribution in [3.63, 3.8) is 0 Å². The highest BCUT2D eigenvalue weighted by Crippen LogP contribution is 2.28. The lowest BCUT2D eigenvalue weighted by Gasteiger charge is -2.20. The van der Waals surface area contributed by atoms with Crippen LogP contribution in [0.25, 0.3) is 0 Å². The molecule has 16 heavy (non-hydrogen) atoms. The highest BCUT2D eigenvalue weighted by molar-refractivity contribution is 7.86. The van der Waals surface area contributed by atoms with Gasteiger partial charge in [0.05, 0.1) is 0 Å². The van der Waals surface area contributed by atoms with Crippen molar-refractivity contribution in [1.82, 2.24) is 0 Å². The van der Waals surface area contributed by atoms with E-state index in [2.05, 4.69) is 0 Å². The molecule has 0 N–H and O–H groups in total. The smallest absolute Gasteiger partial charge is 0.335 e. The van der Waals surface area contributed by atoms with E-state index < -0.39 is 29.3 Å². The number of benzene rings is 1. The van der Waals surface area contributed by atoms with E-state index in [0.717, 1.165) is 12.1 Å². The molecule has 0 amide bonds. The summed E-state index contributed by atoms with van der Waals surface area (Å²) in [6.07, 6.45) is 0. The summed E-state index contributed by atoms with van der Waals surface area (Å²) in [4.78, 5) is -0.755. The van der Waals surface area contributed by atoms with E-state index >= 15 is 0 Å². The van der Waals surface area contributed by atoms with Crippen molar-refractivity contribution in [3.05, 3.63) is 24.0 Å². The van der Waals surface area contributed by atoms with Crippen LogP contribution in [0.3, 0.4) is 0 Å². The summed E-state index contributed by atoms with van der Waals surface area (Å²) in [5, 5.41) is 0. The predicted octanol–water partition coefficient (Wildman–Crippen LogP) is 2.70. The molecule has 0 unspecified atom stereocenters. The average molecular weight is 266 g/mol. The normalized spacial score (nSPS) is 12.6. The maximum atomic E-state index is 12.9. The zero-order valence-corrected chi connectivity index (χ0v) is 10.9. The molecule has 0 saturated carbocycles. The Labute approximate surface area is 94.4 Å². The van der Waals surface area contributed by atoms with Gasteiger partial charge in [0.1, 0.15) is 16.5 Å². The fourth-order valence-corrected chi connectivity index (χ4v) is 2.60. The third kappa shape index (κ3) is 3.56. The second-order valence-corrected chi connectivity index (χ2v) is 9.99. The average Bonchev–Trinajstić information content (AvgIpc) is 2.04. The first-order chi connectivity index (χ1) is 7.09. The zero-order valence-electron chi connectivity index (χ0n) is 9.12. The van der Waals surface area contributed by atoms with Crippen molar-refractivity contribution in [1.29, 1.82) is 0 Å². The molecule has 0 radical (unpaired) electrons. The number of halogens is 2. The van der Waals surface area contributed by atoms with Crippen LogP contribution in [0, 0.1) is 5.82 Å². The molecule has 1 aromatic rings. The Morgan fingerprint density at radius 1 is 1.25 bits per heavy atom.